The Morgan fingerprint density at radius 1 is 1.06 bits per heavy atom. The number of aryl methyl sites for hydroxylation is 1. The number of benzene rings is 2. The van der Waals surface area contributed by atoms with Crippen molar-refractivity contribution in [3.63, 3.8) is 0 Å². The van der Waals surface area contributed by atoms with Gasteiger partial charge in [-0.1, -0.05) is 56.3 Å². The van der Waals surface area contributed by atoms with Gasteiger partial charge in [-0.15, -0.1) is 12.8 Å². The van der Waals surface area contributed by atoms with Crippen LogP contribution in [0, 0.1) is 25.7 Å². The summed E-state index contributed by atoms with van der Waals surface area (Å²) in [7, 11) is 0. The highest BCUT2D eigenvalue weighted by molar-refractivity contribution is 5.89. The van der Waals surface area contributed by atoms with Gasteiger partial charge in [0, 0.05) is 5.57 Å². The third kappa shape index (κ3) is 9.39. The van der Waals surface area contributed by atoms with Crippen molar-refractivity contribution < 1.29 is 17.6 Å². The van der Waals surface area contributed by atoms with Crippen LogP contribution in [0.4, 0.5) is 13.2 Å². The fraction of sp³-hybridized carbons (Fsp3) is 0.269. The first-order valence-electron chi connectivity index (χ1n) is 9.58. The van der Waals surface area contributed by atoms with Gasteiger partial charge in [0.05, 0.1) is 10.8 Å². The number of para-hydroxylation sites is 1. The summed E-state index contributed by atoms with van der Waals surface area (Å²) in [5.74, 6) is 0.718. The lowest BCUT2D eigenvalue weighted by Gasteiger charge is -2.01. The Hall–Kier alpha value is -3.26. The van der Waals surface area contributed by atoms with E-state index in [9.17, 15) is 18.0 Å². The molecule has 3 aromatic rings. The molecule has 2 aromatic carbocycles. The van der Waals surface area contributed by atoms with Gasteiger partial charge in [0.2, 0.25) is 5.43 Å². The van der Waals surface area contributed by atoms with E-state index in [0.29, 0.717) is 21.9 Å². The molecule has 1 aromatic heterocycles. The smallest absolute Gasteiger partial charge is 0.411 e. The maximum absolute atomic E-state index is 12.2. The van der Waals surface area contributed by atoms with Crippen LogP contribution in [-0.2, 0) is 0 Å². The van der Waals surface area contributed by atoms with Crippen molar-refractivity contribution in [2.45, 2.75) is 40.8 Å². The summed E-state index contributed by atoms with van der Waals surface area (Å²) in [6, 6.07) is 13.0. The average molecular weight is 431 g/mol. The van der Waals surface area contributed by atoms with Gasteiger partial charge in [-0.2, -0.15) is 13.2 Å². The van der Waals surface area contributed by atoms with Crippen molar-refractivity contribution >= 4 is 21.9 Å². The number of terminal acetylenes is 1. The lowest BCUT2D eigenvalue weighted by molar-refractivity contribution is -0.0909. The van der Waals surface area contributed by atoms with Gasteiger partial charge in [0.15, 0.2) is 0 Å². The van der Waals surface area contributed by atoms with Crippen molar-refractivity contribution in [2.75, 3.05) is 0 Å². The van der Waals surface area contributed by atoms with E-state index < -0.39 is 11.7 Å². The van der Waals surface area contributed by atoms with E-state index in [1.807, 2.05) is 50.2 Å². The highest BCUT2D eigenvalue weighted by Crippen LogP contribution is 2.22. The van der Waals surface area contributed by atoms with Crippen molar-refractivity contribution in [1.82, 2.24) is 0 Å². The molecule has 0 aliphatic rings. The van der Waals surface area contributed by atoms with Crippen molar-refractivity contribution in [2.24, 2.45) is 5.92 Å². The summed E-state index contributed by atoms with van der Waals surface area (Å²) in [6.45, 7) is 12.0. The fourth-order valence-corrected chi connectivity index (χ4v) is 2.30. The zero-order chi connectivity index (χ0) is 24.2. The minimum atomic E-state index is -4.19. The molecule has 0 saturated heterocycles. The van der Waals surface area contributed by atoms with Gasteiger partial charge < -0.3 is 4.42 Å². The van der Waals surface area contributed by atoms with Crippen LogP contribution in [0.2, 0.25) is 0 Å². The number of allylic oxidation sites excluding steroid dienone is 3. The van der Waals surface area contributed by atoms with Crippen molar-refractivity contribution in [1.29, 1.82) is 0 Å². The molecule has 0 aliphatic carbocycles. The van der Waals surface area contributed by atoms with E-state index in [2.05, 4.69) is 45.4 Å². The number of hydrogen-bond donors (Lipinski definition) is 0. The normalized spacial score (nSPS) is 10.5. The molecule has 0 unspecified atom stereocenters. The third-order valence-electron chi connectivity index (χ3n) is 3.79. The molecule has 5 heteroatoms. The predicted molar refractivity (Wildman–Crippen MR) is 125 cm³/mol. The predicted octanol–water partition coefficient (Wildman–Crippen LogP) is 7.85. The Labute approximate surface area is 182 Å². The molecule has 2 nitrogen and oxygen atoms in total. The number of halogens is 3. The Balaban J connectivity index is 0.000000505. The van der Waals surface area contributed by atoms with E-state index in [0.717, 1.165) is 18.4 Å². The molecule has 0 atom stereocenters. The largest absolute Gasteiger partial charge is 0.456 e. The molecule has 1 heterocycles. The van der Waals surface area contributed by atoms with E-state index in [1.165, 1.54) is 0 Å². The number of rotatable bonds is 1. The molecule has 0 bridgehead atoms. The molecule has 0 aliphatic heterocycles. The first-order chi connectivity index (χ1) is 14.5. The first-order valence-corrected chi connectivity index (χ1v) is 9.58. The number of alkyl halides is 3. The van der Waals surface area contributed by atoms with Crippen LogP contribution in [-0.4, -0.2) is 6.18 Å². The van der Waals surface area contributed by atoms with E-state index in [1.54, 1.807) is 6.07 Å². The Bertz CT molecular complexity index is 1080. The van der Waals surface area contributed by atoms with Crippen molar-refractivity contribution in [3.8, 4) is 12.8 Å². The summed E-state index contributed by atoms with van der Waals surface area (Å²) in [5, 5.41) is 1.29. The molecule has 0 N–H and O–H groups in total. The second-order valence-corrected chi connectivity index (χ2v) is 6.97. The second kappa shape index (κ2) is 13.1. The van der Waals surface area contributed by atoms with Crippen LogP contribution in [0.25, 0.3) is 21.9 Å². The SMILES string of the molecule is C#C.C/C=C\C(C)C.C=C(C)C(F)(F)F.Cc1ccc2oc3ccccc3c(=O)c2c1. The molecule has 31 heavy (non-hydrogen) atoms. The quantitative estimate of drug-likeness (QED) is 0.224. The molecule has 0 saturated carbocycles. The topological polar surface area (TPSA) is 30.2 Å². The molecule has 0 radical (unpaired) electrons. The van der Waals surface area contributed by atoms with Crippen LogP contribution in [0.5, 0.6) is 0 Å². The summed E-state index contributed by atoms with van der Waals surface area (Å²) in [4.78, 5) is 12.2. The second-order valence-electron chi connectivity index (χ2n) is 6.97. The lowest BCUT2D eigenvalue weighted by atomic mass is 10.1. The van der Waals surface area contributed by atoms with Gasteiger partial charge in [-0.25, -0.2) is 0 Å². The third-order valence-corrected chi connectivity index (χ3v) is 3.79. The fourth-order valence-electron chi connectivity index (χ4n) is 2.30. The van der Waals surface area contributed by atoms with Gasteiger partial charge in [0.1, 0.15) is 11.2 Å². The zero-order valence-corrected chi connectivity index (χ0v) is 18.6. The molecular formula is C26H29F3O2. The molecule has 0 amide bonds. The highest BCUT2D eigenvalue weighted by atomic mass is 19.4. The average Bonchev–Trinajstić information content (AvgIpc) is 2.70. The molecule has 0 spiro atoms. The monoisotopic (exact) mass is 430 g/mol. The first kappa shape index (κ1) is 27.7. The minimum Gasteiger partial charge on any atom is -0.456 e. The maximum Gasteiger partial charge on any atom is 0.411 e. The summed E-state index contributed by atoms with van der Waals surface area (Å²) >= 11 is 0. The zero-order valence-electron chi connectivity index (χ0n) is 18.6. The van der Waals surface area contributed by atoms with Gasteiger partial charge >= 0.3 is 6.18 Å². The van der Waals surface area contributed by atoms with Crippen LogP contribution < -0.4 is 5.43 Å². The van der Waals surface area contributed by atoms with Gasteiger partial charge in [-0.3, -0.25) is 4.79 Å². The Morgan fingerprint density at radius 2 is 1.58 bits per heavy atom. The van der Waals surface area contributed by atoms with E-state index >= 15 is 0 Å². The van der Waals surface area contributed by atoms with Crippen LogP contribution >= 0.6 is 0 Å². The van der Waals surface area contributed by atoms with Crippen LogP contribution in [0.3, 0.4) is 0 Å². The summed E-state index contributed by atoms with van der Waals surface area (Å²) in [5.41, 5.74) is 1.64. The lowest BCUT2D eigenvalue weighted by Crippen LogP contribution is -2.06. The number of fused-ring (bicyclic) bond motifs is 2. The van der Waals surface area contributed by atoms with E-state index in [4.69, 9.17) is 4.42 Å². The maximum atomic E-state index is 12.2. The van der Waals surface area contributed by atoms with E-state index in [-0.39, 0.29) is 5.43 Å². The highest BCUT2D eigenvalue weighted by Gasteiger charge is 2.27. The van der Waals surface area contributed by atoms with Gasteiger partial charge in [-0.05, 0) is 51.0 Å². The van der Waals surface area contributed by atoms with Crippen LogP contribution in [0.15, 0.2) is 76.0 Å². The summed E-state index contributed by atoms with van der Waals surface area (Å²) in [6.07, 6.45) is 8.05. The molecule has 0 fully saturated rings. The number of hydrogen-bond acceptors (Lipinski definition) is 2. The standard InChI is InChI=1S/C14H10O2.C6H12.C4H5F3.C2H2/c1-9-6-7-13-11(8-9)14(15)10-4-2-3-5-12(10)16-13;1-4-5-6(2)3;1-3(2)4(5,6)7;1-2/h2-8H,1H3;4-6H,1-3H3;1H2,2H3;1-2H/b;5-4-;;. The summed E-state index contributed by atoms with van der Waals surface area (Å²) < 4.78 is 38.9. The molecule has 166 valence electrons. The molecule has 3 rings (SSSR count). The Kier molecular flexibility index (Phi) is 11.7. The van der Waals surface area contributed by atoms with Crippen molar-refractivity contribution in [3.05, 3.63) is 82.6 Å². The molecular weight excluding hydrogens is 401 g/mol. The van der Waals surface area contributed by atoms with Gasteiger partial charge in [0.25, 0.3) is 0 Å². The van der Waals surface area contributed by atoms with Crippen LogP contribution in [0.1, 0.15) is 33.3 Å². The Morgan fingerprint density at radius 3 is 2.03 bits per heavy atom. The minimum absolute atomic E-state index is 0.0422.